The third-order valence-corrected chi connectivity index (χ3v) is 7.46. The van der Waals surface area contributed by atoms with Crippen LogP contribution >= 0.6 is 0 Å². The van der Waals surface area contributed by atoms with E-state index in [1.54, 1.807) is 28.1 Å². The van der Waals surface area contributed by atoms with E-state index in [4.69, 9.17) is 14.2 Å². The Morgan fingerprint density at radius 2 is 1.92 bits per heavy atom. The van der Waals surface area contributed by atoms with Crippen molar-refractivity contribution < 1.29 is 18.6 Å². The minimum Gasteiger partial charge on any atom is -0.496 e. The quantitative estimate of drug-likeness (QED) is 0.475. The minimum atomic E-state index is -1.33. The first-order valence-corrected chi connectivity index (χ1v) is 12.7. The number of alkyl halides is 1. The molecule has 0 unspecified atom stereocenters. The Bertz CT molecular complexity index is 1200. The maximum Gasteiger partial charge on any atom is 0.127 e. The van der Waals surface area contributed by atoms with Crippen LogP contribution in [-0.4, -0.2) is 84.8 Å². The smallest absolute Gasteiger partial charge is 0.127 e. The van der Waals surface area contributed by atoms with Gasteiger partial charge in [-0.15, -0.1) is 0 Å². The van der Waals surface area contributed by atoms with E-state index < -0.39 is 5.67 Å². The van der Waals surface area contributed by atoms with Crippen LogP contribution in [0, 0.1) is 0 Å². The lowest BCUT2D eigenvalue weighted by atomic mass is 9.82. The van der Waals surface area contributed by atoms with Gasteiger partial charge < -0.3 is 14.2 Å². The van der Waals surface area contributed by atoms with Gasteiger partial charge in [-0.25, -0.2) is 4.39 Å². The molecule has 8 heteroatoms. The third-order valence-electron chi connectivity index (χ3n) is 7.46. The van der Waals surface area contributed by atoms with E-state index in [1.165, 1.54) is 11.1 Å². The summed E-state index contributed by atoms with van der Waals surface area (Å²) in [7, 11) is 3.44. The van der Waals surface area contributed by atoms with Crippen LogP contribution in [0.1, 0.15) is 43.5 Å². The van der Waals surface area contributed by atoms with Gasteiger partial charge in [-0.3, -0.25) is 14.9 Å². The molecule has 0 bridgehead atoms. The molecule has 0 aliphatic carbocycles. The molecule has 1 saturated heterocycles. The maximum atomic E-state index is 15.0. The van der Waals surface area contributed by atoms with Crippen molar-refractivity contribution in [3.63, 3.8) is 0 Å². The summed E-state index contributed by atoms with van der Waals surface area (Å²) in [5, 5.41) is 8.48. The molecule has 1 fully saturated rings. The summed E-state index contributed by atoms with van der Waals surface area (Å²) in [4.78, 5) is 4.58. The summed E-state index contributed by atoms with van der Waals surface area (Å²) in [6.45, 7) is 9.15. The maximum absolute atomic E-state index is 15.0. The second kappa shape index (κ2) is 10.00. The van der Waals surface area contributed by atoms with Crippen LogP contribution in [-0.2, 0) is 11.2 Å². The SMILES string of the molecule is COc1cc(OCCN2CC(OC)C2)ccc1[C@@H]1c2ccc3[nH]ncc3c2C[C@@H](C)N1CC(C)(C)F. The van der Waals surface area contributed by atoms with Gasteiger partial charge in [0.25, 0.3) is 0 Å². The van der Waals surface area contributed by atoms with Crippen molar-refractivity contribution in [2.45, 2.75) is 51.0 Å². The summed E-state index contributed by atoms with van der Waals surface area (Å²) in [6, 6.07) is 10.2. The summed E-state index contributed by atoms with van der Waals surface area (Å²) in [5.74, 6) is 1.51. The lowest BCUT2D eigenvalue weighted by Gasteiger charge is -2.44. The summed E-state index contributed by atoms with van der Waals surface area (Å²) < 4.78 is 32.3. The topological polar surface area (TPSA) is 62.9 Å². The van der Waals surface area contributed by atoms with Crippen molar-refractivity contribution in [2.75, 3.05) is 47.0 Å². The Balaban J connectivity index is 1.45. The number of H-pyrrole nitrogens is 1. The molecule has 0 amide bonds. The molecule has 5 rings (SSSR count). The van der Waals surface area contributed by atoms with Gasteiger partial charge in [0.2, 0.25) is 0 Å². The van der Waals surface area contributed by atoms with Gasteiger partial charge in [-0.1, -0.05) is 6.07 Å². The van der Waals surface area contributed by atoms with E-state index in [-0.39, 0.29) is 12.1 Å². The van der Waals surface area contributed by atoms with E-state index >= 15 is 4.39 Å². The first-order valence-electron chi connectivity index (χ1n) is 12.7. The number of likely N-dealkylation sites (tertiary alicyclic amines) is 1. The standard InChI is InChI=1S/C28H37FN4O3/c1-18-12-23-21(8-9-25-24(23)14-30-31-25)27(33(18)17-28(2,3)29)22-7-6-19(13-26(22)35-5)36-11-10-32-15-20(16-32)34-4/h6-9,13-14,18,20,27H,10-12,15-17H2,1-5H3,(H,30,31)/t18-,27+/m1/s1. The molecular weight excluding hydrogens is 459 g/mol. The molecule has 0 spiro atoms. The van der Waals surface area contributed by atoms with Gasteiger partial charge in [-0.05, 0) is 56.5 Å². The van der Waals surface area contributed by atoms with Crippen LogP contribution in [0.4, 0.5) is 4.39 Å². The largest absolute Gasteiger partial charge is 0.496 e. The molecule has 194 valence electrons. The van der Waals surface area contributed by atoms with Crippen LogP contribution in [0.5, 0.6) is 11.5 Å². The number of nitrogens with zero attached hydrogens (tertiary/aromatic N) is 3. The number of aromatic amines is 1. The Labute approximate surface area is 212 Å². The highest BCUT2D eigenvalue weighted by Crippen LogP contribution is 2.44. The number of rotatable bonds is 9. The molecule has 2 aliphatic rings. The minimum absolute atomic E-state index is 0.144. The van der Waals surface area contributed by atoms with E-state index in [1.807, 2.05) is 18.3 Å². The zero-order valence-electron chi connectivity index (χ0n) is 21.9. The highest BCUT2D eigenvalue weighted by atomic mass is 19.1. The van der Waals surface area contributed by atoms with Crippen LogP contribution < -0.4 is 9.47 Å². The van der Waals surface area contributed by atoms with Crippen molar-refractivity contribution in [1.29, 1.82) is 0 Å². The van der Waals surface area contributed by atoms with Gasteiger partial charge in [0.15, 0.2) is 0 Å². The third kappa shape index (κ3) is 4.94. The van der Waals surface area contributed by atoms with Gasteiger partial charge >= 0.3 is 0 Å². The number of ether oxygens (including phenoxy) is 3. The number of methoxy groups -OCH3 is 2. The molecule has 3 heterocycles. The Hall–Kier alpha value is -2.68. The fraction of sp³-hybridized carbons (Fsp3) is 0.536. The molecule has 36 heavy (non-hydrogen) atoms. The number of hydrogen-bond acceptors (Lipinski definition) is 6. The Morgan fingerprint density at radius 3 is 2.64 bits per heavy atom. The van der Waals surface area contributed by atoms with Crippen molar-refractivity contribution in [3.05, 3.63) is 53.2 Å². The van der Waals surface area contributed by atoms with Crippen molar-refractivity contribution >= 4 is 10.9 Å². The molecule has 1 N–H and O–H groups in total. The Kier molecular flexibility index (Phi) is 6.94. The average Bonchev–Trinajstić information content (AvgIpc) is 3.30. The molecule has 0 radical (unpaired) electrons. The number of hydrogen-bond donors (Lipinski definition) is 1. The van der Waals surface area contributed by atoms with E-state index in [9.17, 15) is 0 Å². The molecule has 2 aliphatic heterocycles. The highest BCUT2D eigenvalue weighted by Gasteiger charge is 2.38. The number of benzene rings is 2. The predicted molar refractivity (Wildman–Crippen MR) is 139 cm³/mol. The first kappa shape index (κ1) is 25.0. The fourth-order valence-electron chi connectivity index (χ4n) is 5.60. The van der Waals surface area contributed by atoms with Crippen molar-refractivity contribution in [3.8, 4) is 11.5 Å². The number of nitrogens with one attached hydrogen (secondary N) is 1. The number of halogens is 1. The number of fused-ring (bicyclic) bond motifs is 3. The second-order valence-electron chi connectivity index (χ2n) is 10.7. The number of aromatic nitrogens is 2. The van der Waals surface area contributed by atoms with Gasteiger partial charge in [0, 0.05) is 56.3 Å². The zero-order chi connectivity index (χ0) is 25.4. The average molecular weight is 497 g/mol. The lowest BCUT2D eigenvalue weighted by Crippen LogP contribution is -2.52. The van der Waals surface area contributed by atoms with E-state index in [0.29, 0.717) is 19.3 Å². The summed E-state index contributed by atoms with van der Waals surface area (Å²) in [6.07, 6.45) is 3.07. The normalized spacial score (nSPS) is 21.4. The van der Waals surface area contributed by atoms with Crippen LogP contribution in [0.25, 0.3) is 10.9 Å². The summed E-state index contributed by atoms with van der Waals surface area (Å²) >= 11 is 0. The van der Waals surface area contributed by atoms with Crippen LogP contribution in [0.15, 0.2) is 36.5 Å². The second-order valence-corrected chi connectivity index (χ2v) is 10.7. The molecule has 0 saturated carbocycles. The van der Waals surface area contributed by atoms with Crippen LogP contribution in [0.2, 0.25) is 0 Å². The molecule has 3 aromatic rings. The van der Waals surface area contributed by atoms with E-state index in [0.717, 1.165) is 54.0 Å². The fourth-order valence-corrected chi connectivity index (χ4v) is 5.60. The lowest BCUT2D eigenvalue weighted by molar-refractivity contribution is -0.0333. The van der Waals surface area contributed by atoms with Gasteiger partial charge in [0.05, 0.1) is 31.0 Å². The van der Waals surface area contributed by atoms with Crippen LogP contribution in [0.3, 0.4) is 0 Å². The zero-order valence-corrected chi connectivity index (χ0v) is 21.9. The highest BCUT2D eigenvalue weighted by molar-refractivity contribution is 5.83. The summed E-state index contributed by atoms with van der Waals surface area (Å²) in [5.41, 5.74) is 3.13. The van der Waals surface area contributed by atoms with Gasteiger partial charge in [0.1, 0.15) is 23.8 Å². The molecule has 2 atom stereocenters. The van der Waals surface area contributed by atoms with Crippen molar-refractivity contribution in [2.24, 2.45) is 0 Å². The van der Waals surface area contributed by atoms with E-state index in [2.05, 4.69) is 45.1 Å². The van der Waals surface area contributed by atoms with Crippen molar-refractivity contribution in [1.82, 2.24) is 20.0 Å². The molecule has 7 nitrogen and oxygen atoms in total. The predicted octanol–water partition coefficient (Wildman–Crippen LogP) is 4.37. The molecule has 1 aromatic heterocycles. The Morgan fingerprint density at radius 1 is 1.14 bits per heavy atom. The molecule has 2 aromatic carbocycles. The van der Waals surface area contributed by atoms with Gasteiger partial charge in [-0.2, -0.15) is 5.10 Å². The first-order chi connectivity index (χ1) is 17.3. The molecular formula is C28H37FN4O3. The monoisotopic (exact) mass is 496 g/mol.